The number of carbonyl (C=O) groups excluding carboxylic acids is 1. The normalized spacial score (nSPS) is 11.9. The molecule has 1 atom stereocenters. The maximum Gasteiger partial charge on any atom is 0.239 e. The van der Waals surface area contributed by atoms with Crippen LogP contribution in [-0.4, -0.2) is 21.9 Å². The number of carbonyl (C=O) groups is 1. The Kier molecular flexibility index (Phi) is 4.01. The lowest BCUT2D eigenvalue weighted by Crippen LogP contribution is -2.33. The Morgan fingerprint density at radius 2 is 2.12 bits per heavy atom. The Balaban J connectivity index is 2.99. The molecule has 7 nitrogen and oxygen atoms in total. The van der Waals surface area contributed by atoms with Crippen molar-refractivity contribution in [3.63, 3.8) is 0 Å². The van der Waals surface area contributed by atoms with Crippen molar-refractivity contribution in [2.45, 2.75) is 26.3 Å². The minimum Gasteiger partial charge on any atom is -0.368 e. The number of anilines is 2. The Morgan fingerprint density at radius 1 is 1.50 bits per heavy atom. The van der Waals surface area contributed by atoms with Crippen LogP contribution in [0.5, 0.6) is 0 Å². The van der Waals surface area contributed by atoms with Gasteiger partial charge in [0.1, 0.15) is 24.0 Å². The smallest absolute Gasteiger partial charge is 0.239 e. The molecule has 88 valence electrons. The first-order valence-electron chi connectivity index (χ1n) is 4.96. The second-order valence-corrected chi connectivity index (χ2v) is 3.32. The minimum absolute atomic E-state index is 0.442. The molecule has 0 spiro atoms. The first kappa shape index (κ1) is 12.2. The van der Waals surface area contributed by atoms with E-state index in [1.165, 1.54) is 6.33 Å². The lowest BCUT2D eigenvalue weighted by atomic mass is 10.2. The van der Waals surface area contributed by atoms with E-state index in [4.69, 9.17) is 11.6 Å². The number of nitrogens with zero attached hydrogens (tertiary/aromatic N) is 2. The van der Waals surface area contributed by atoms with E-state index >= 15 is 0 Å². The van der Waals surface area contributed by atoms with Crippen molar-refractivity contribution in [2.24, 2.45) is 11.6 Å². The highest BCUT2D eigenvalue weighted by molar-refractivity contribution is 5.82. The van der Waals surface area contributed by atoms with E-state index in [2.05, 4.69) is 20.7 Å². The number of nitrogen functional groups attached to an aromatic ring is 1. The average molecular weight is 224 g/mol. The summed E-state index contributed by atoms with van der Waals surface area (Å²) in [6.45, 7) is 3.61. The fourth-order valence-corrected chi connectivity index (χ4v) is 1.27. The monoisotopic (exact) mass is 224 g/mol. The molecule has 1 aromatic heterocycles. The van der Waals surface area contributed by atoms with E-state index in [9.17, 15) is 4.79 Å². The second-order valence-electron chi connectivity index (χ2n) is 3.32. The summed E-state index contributed by atoms with van der Waals surface area (Å²) < 4.78 is 0. The predicted octanol–water partition coefficient (Wildman–Crippen LogP) is -0.390. The zero-order valence-corrected chi connectivity index (χ0v) is 9.32. The van der Waals surface area contributed by atoms with E-state index in [1.807, 2.05) is 6.92 Å². The number of hydrogen-bond donors (Lipinski definition) is 4. The fourth-order valence-electron chi connectivity index (χ4n) is 1.27. The topological polar surface area (TPSA) is 119 Å². The molecule has 0 bridgehead atoms. The number of nitrogens with two attached hydrogens (primary N) is 2. The van der Waals surface area contributed by atoms with Crippen LogP contribution in [0.2, 0.25) is 0 Å². The Labute approximate surface area is 93.6 Å². The number of hydrazine groups is 1. The van der Waals surface area contributed by atoms with Crippen molar-refractivity contribution in [3.8, 4) is 0 Å². The van der Waals surface area contributed by atoms with Gasteiger partial charge in [0.25, 0.3) is 0 Å². The van der Waals surface area contributed by atoms with Gasteiger partial charge < -0.3 is 16.5 Å². The number of hydrogen-bond acceptors (Lipinski definition) is 6. The molecule has 0 aliphatic heterocycles. The molecule has 0 saturated heterocycles. The quantitative estimate of drug-likeness (QED) is 0.399. The van der Waals surface area contributed by atoms with Gasteiger partial charge in [-0.05, 0) is 13.3 Å². The largest absolute Gasteiger partial charge is 0.368 e. The van der Waals surface area contributed by atoms with Gasteiger partial charge in [-0.25, -0.2) is 15.8 Å². The van der Waals surface area contributed by atoms with Gasteiger partial charge in [0, 0.05) is 5.56 Å². The van der Waals surface area contributed by atoms with Crippen LogP contribution in [0.3, 0.4) is 0 Å². The summed E-state index contributed by atoms with van der Waals surface area (Å²) >= 11 is 0. The molecule has 6 N–H and O–H groups in total. The van der Waals surface area contributed by atoms with Crippen LogP contribution in [0.1, 0.15) is 19.4 Å². The summed E-state index contributed by atoms with van der Waals surface area (Å²) in [5, 5.41) is 2.91. The predicted molar refractivity (Wildman–Crippen MR) is 61.5 cm³/mol. The van der Waals surface area contributed by atoms with Crippen molar-refractivity contribution in [3.05, 3.63) is 11.9 Å². The van der Waals surface area contributed by atoms with Crippen LogP contribution in [0.4, 0.5) is 11.6 Å². The third-order valence-corrected chi connectivity index (χ3v) is 2.22. The van der Waals surface area contributed by atoms with Gasteiger partial charge in [-0.2, -0.15) is 0 Å². The van der Waals surface area contributed by atoms with Crippen LogP contribution >= 0.6 is 0 Å². The second kappa shape index (κ2) is 5.26. The summed E-state index contributed by atoms with van der Waals surface area (Å²) in [5.41, 5.74) is 8.46. The number of primary amides is 1. The van der Waals surface area contributed by atoms with Crippen LogP contribution in [0.15, 0.2) is 6.33 Å². The van der Waals surface area contributed by atoms with Gasteiger partial charge in [0.05, 0.1) is 0 Å². The first-order valence-corrected chi connectivity index (χ1v) is 4.96. The molecule has 1 aromatic rings. The SMILES string of the molecule is CCc1c(NN)ncnc1NC(C)C(N)=O. The van der Waals surface area contributed by atoms with Crippen molar-refractivity contribution >= 4 is 17.5 Å². The molecule has 0 aliphatic rings. The maximum absolute atomic E-state index is 10.9. The summed E-state index contributed by atoms with van der Waals surface area (Å²) in [6, 6.07) is -0.495. The van der Waals surface area contributed by atoms with Gasteiger partial charge in [0.15, 0.2) is 0 Å². The highest BCUT2D eigenvalue weighted by atomic mass is 16.1. The Morgan fingerprint density at radius 3 is 2.62 bits per heavy atom. The maximum atomic E-state index is 10.9. The van der Waals surface area contributed by atoms with E-state index in [1.54, 1.807) is 6.92 Å². The lowest BCUT2D eigenvalue weighted by Gasteiger charge is -2.15. The third kappa shape index (κ3) is 2.57. The highest BCUT2D eigenvalue weighted by Gasteiger charge is 2.13. The first-order chi connectivity index (χ1) is 7.60. The molecule has 0 saturated carbocycles. The summed E-state index contributed by atoms with van der Waals surface area (Å²) in [5.74, 6) is 5.99. The molecule has 0 radical (unpaired) electrons. The zero-order chi connectivity index (χ0) is 12.1. The highest BCUT2D eigenvalue weighted by Crippen LogP contribution is 2.19. The molecular formula is C9H16N6O. The van der Waals surface area contributed by atoms with Crippen molar-refractivity contribution in [1.82, 2.24) is 9.97 Å². The Hall–Kier alpha value is -1.89. The van der Waals surface area contributed by atoms with Crippen LogP contribution in [0.25, 0.3) is 0 Å². The third-order valence-electron chi connectivity index (χ3n) is 2.22. The molecule has 1 heterocycles. The summed E-state index contributed by atoms with van der Waals surface area (Å²) in [7, 11) is 0. The van der Waals surface area contributed by atoms with Crippen LogP contribution < -0.4 is 22.3 Å². The van der Waals surface area contributed by atoms with Gasteiger partial charge in [-0.15, -0.1) is 0 Å². The van der Waals surface area contributed by atoms with Gasteiger partial charge in [-0.3, -0.25) is 4.79 Å². The molecule has 0 aliphatic carbocycles. The number of rotatable bonds is 5. The van der Waals surface area contributed by atoms with Gasteiger partial charge in [0.2, 0.25) is 5.91 Å². The van der Waals surface area contributed by atoms with E-state index in [0.29, 0.717) is 18.1 Å². The molecule has 0 aromatic carbocycles. The van der Waals surface area contributed by atoms with Gasteiger partial charge in [-0.1, -0.05) is 6.92 Å². The molecule has 1 amide bonds. The van der Waals surface area contributed by atoms with Crippen molar-refractivity contribution in [1.29, 1.82) is 0 Å². The fraction of sp³-hybridized carbons (Fsp3) is 0.444. The van der Waals surface area contributed by atoms with Crippen LogP contribution in [0, 0.1) is 0 Å². The van der Waals surface area contributed by atoms with Crippen molar-refractivity contribution < 1.29 is 4.79 Å². The van der Waals surface area contributed by atoms with E-state index in [0.717, 1.165) is 5.56 Å². The number of nitrogens with one attached hydrogen (secondary N) is 2. The molecule has 7 heteroatoms. The number of amides is 1. The lowest BCUT2D eigenvalue weighted by molar-refractivity contribution is -0.118. The number of aromatic nitrogens is 2. The van der Waals surface area contributed by atoms with Gasteiger partial charge >= 0.3 is 0 Å². The Bertz CT molecular complexity index is 380. The molecule has 1 unspecified atom stereocenters. The zero-order valence-electron chi connectivity index (χ0n) is 9.32. The standard InChI is InChI=1S/C9H16N6O/c1-3-6-8(14-5(2)7(10)16)12-4-13-9(6)15-11/h4-5H,3,11H2,1-2H3,(H2,10,16)(H2,12,13,14,15). The molecule has 16 heavy (non-hydrogen) atoms. The van der Waals surface area contributed by atoms with Crippen LogP contribution in [-0.2, 0) is 11.2 Å². The van der Waals surface area contributed by atoms with E-state index in [-0.39, 0.29) is 0 Å². The van der Waals surface area contributed by atoms with E-state index < -0.39 is 11.9 Å². The molecule has 1 rings (SSSR count). The minimum atomic E-state index is -0.495. The summed E-state index contributed by atoms with van der Waals surface area (Å²) in [6.07, 6.45) is 2.05. The molecular weight excluding hydrogens is 208 g/mol. The summed E-state index contributed by atoms with van der Waals surface area (Å²) in [4.78, 5) is 19.0. The average Bonchev–Trinajstić information content (AvgIpc) is 2.28. The molecule has 0 fully saturated rings. The van der Waals surface area contributed by atoms with Crippen molar-refractivity contribution in [2.75, 3.05) is 10.7 Å².